The Morgan fingerprint density at radius 3 is 2.52 bits per heavy atom. The normalized spacial score (nSPS) is 12.8. The van der Waals surface area contributed by atoms with Crippen LogP contribution in [0.3, 0.4) is 0 Å². The zero-order valence-electron chi connectivity index (χ0n) is 18.2. The van der Waals surface area contributed by atoms with Gasteiger partial charge in [0.25, 0.3) is 0 Å². The number of benzene rings is 3. The molecule has 0 radical (unpaired) electrons. The van der Waals surface area contributed by atoms with Gasteiger partial charge < -0.3 is 14.8 Å². The van der Waals surface area contributed by atoms with Crippen LogP contribution in [-0.2, 0) is 12.8 Å². The first kappa shape index (κ1) is 22.9. The number of nitrogens with one attached hydrogen (secondary N) is 1. The van der Waals surface area contributed by atoms with E-state index in [1.54, 1.807) is 0 Å². The lowest BCUT2D eigenvalue weighted by molar-refractivity contribution is -0.137. The van der Waals surface area contributed by atoms with Crippen molar-refractivity contribution in [2.75, 3.05) is 0 Å². The minimum Gasteiger partial charge on any atom is -0.486 e. The number of rotatable bonds is 8. The van der Waals surface area contributed by atoms with E-state index in [0.29, 0.717) is 18.0 Å². The van der Waals surface area contributed by atoms with Crippen LogP contribution in [0, 0.1) is 0 Å². The van der Waals surface area contributed by atoms with Crippen molar-refractivity contribution in [3.63, 3.8) is 0 Å². The van der Waals surface area contributed by atoms with Gasteiger partial charge in [-0.1, -0.05) is 50.1 Å². The molecule has 1 aromatic heterocycles. The number of fused-ring (bicyclic) bond motifs is 1. The molecule has 0 aliphatic carbocycles. The van der Waals surface area contributed by atoms with Crippen molar-refractivity contribution >= 4 is 11.0 Å². The summed E-state index contributed by atoms with van der Waals surface area (Å²) in [5.74, 6) is 0.900. The Bertz CT molecular complexity index is 1220. The summed E-state index contributed by atoms with van der Waals surface area (Å²) >= 11 is 0. The lowest BCUT2D eigenvalue weighted by Crippen LogP contribution is -2.04. The molecule has 3 aromatic carbocycles. The Morgan fingerprint density at radius 1 is 1.03 bits per heavy atom. The van der Waals surface area contributed by atoms with Crippen LogP contribution < -0.4 is 4.74 Å². The van der Waals surface area contributed by atoms with E-state index in [9.17, 15) is 18.3 Å². The molecule has 4 nitrogen and oxygen atoms in total. The molecule has 0 aliphatic heterocycles. The van der Waals surface area contributed by atoms with Crippen LogP contribution in [0.1, 0.15) is 49.2 Å². The fraction of sp³-hybridized carbons (Fsp3) is 0.269. The van der Waals surface area contributed by atoms with Crippen LogP contribution in [0.15, 0.2) is 66.7 Å². The fourth-order valence-electron chi connectivity index (χ4n) is 3.79. The highest BCUT2D eigenvalue weighted by atomic mass is 19.4. The molecule has 4 rings (SSSR count). The van der Waals surface area contributed by atoms with Crippen molar-refractivity contribution in [1.29, 1.82) is 0 Å². The molecule has 0 spiro atoms. The molecule has 0 bridgehead atoms. The average molecular weight is 454 g/mol. The van der Waals surface area contributed by atoms with Gasteiger partial charge in [0, 0.05) is 0 Å². The van der Waals surface area contributed by atoms with E-state index in [0.717, 1.165) is 52.7 Å². The van der Waals surface area contributed by atoms with Gasteiger partial charge in [-0.05, 0) is 59.5 Å². The maximum Gasteiger partial charge on any atom is 0.416 e. The number of unbranched alkanes of at least 4 members (excludes halogenated alkanes) is 1. The lowest BCUT2D eigenvalue weighted by Gasteiger charge is -2.15. The molecule has 4 aromatic rings. The van der Waals surface area contributed by atoms with Gasteiger partial charge in [0.2, 0.25) is 0 Å². The summed E-state index contributed by atoms with van der Waals surface area (Å²) in [7, 11) is 0. The highest BCUT2D eigenvalue weighted by Crippen LogP contribution is 2.33. The van der Waals surface area contributed by atoms with Crippen LogP contribution >= 0.6 is 0 Å². The Hall–Kier alpha value is -3.32. The van der Waals surface area contributed by atoms with Gasteiger partial charge in [-0.3, -0.25) is 0 Å². The lowest BCUT2D eigenvalue weighted by atomic mass is 9.94. The number of aromatic amines is 1. The number of aromatic nitrogens is 2. The Morgan fingerprint density at radius 2 is 1.79 bits per heavy atom. The van der Waals surface area contributed by atoms with Crippen molar-refractivity contribution < 1.29 is 23.0 Å². The Labute approximate surface area is 190 Å². The van der Waals surface area contributed by atoms with Crippen LogP contribution in [0.4, 0.5) is 13.2 Å². The van der Waals surface area contributed by atoms with Crippen molar-refractivity contribution in [3.8, 4) is 16.9 Å². The summed E-state index contributed by atoms with van der Waals surface area (Å²) in [5, 5.41) is 10.7. The quantitative estimate of drug-likeness (QED) is 0.300. The fourth-order valence-corrected chi connectivity index (χ4v) is 3.79. The molecule has 0 fully saturated rings. The Kier molecular flexibility index (Phi) is 6.70. The van der Waals surface area contributed by atoms with E-state index in [1.807, 2.05) is 42.5 Å². The van der Waals surface area contributed by atoms with E-state index in [4.69, 9.17) is 4.74 Å². The zero-order valence-corrected chi connectivity index (χ0v) is 18.2. The molecule has 7 heteroatoms. The standard InChI is InChI=1S/C26H25F3N2O2/c1-2-3-8-24(32)21-7-5-4-6-20(21)17-9-14-22-23(15-17)31-25(30-22)16-33-19-12-10-18(11-13-19)26(27,28)29/h4-7,9-15,24,32H,2-3,8,16H2,1H3,(H,30,31). The van der Waals surface area contributed by atoms with Crippen LogP contribution in [0.25, 0.3) is 22.2 Å². The second-order valence-corrected chi connectivity index (χ2v) is 7.97. The first-order valence-corrected chi connectivity index (χ1v) is 10.9. The van der Waals surface area contributed by atoms with Gasteiger partial charge >= 0.3 is 6.18 Å². The highest BCUT2D eigenvalue weighted by molar-refractivity contribution is 5.83. The van der Waals surface area contributed by atoms with E-state index >= 15 is 0 Å². The second-order valence-electron chi connectivity index (χ2n) is 7.97. The predicted molar refractivity (Wildman–Crippen MR) is 122 cm³/mol. The molecule has 1 unspecified atom stereocenters. The largest absolute Gasteiger partial charge is 0.486 e. The number of hydrogen-bond donors (Lipinski definition) is 2. The maximum atomic E-state index is 12.7. The molecule has 0 saturated heterocycles. The van der Waals surface area contributed by atoms with Gasteiger partial charge in [-0.25, -0.2) is 4.98 Å². The number of halogens is 3. The molecule has 1 heterocycles. The first-order chi connectivity index (χ1) is 15.8. The summed E-state index contributed by atoms with van der Waals surface area (Å²) in [4.78, 5) is 7.72. The Balaban J connectivity index is 1.52. The van der Waals surface area contributed by atoms with E-state index in [1.165, 1.54) is 12.1 Å². The monoisotopic (exact) mass is 454 g/mol. The van der Waals surface area contributed by atoms with Crippen LogP contribution in [-0.4, -0.2) is 15.1 Å². The summed E-state index contributed by atoms with van der Waals surface area (Å²) in [6, 6.07) is 18.3. The molecule has 33 heavy (non-hydrogen) atoms. The third-order valence-corrected chi connectivity index (χ3v) is 5.55. The average Bonchev–Trinajstić information content (AvgIpc) is 3.23. The number of H-pyrrole nitrogens is 1. The topological polar surface area (TPSA) is 58.1 Å². The summed E-state index contributed by atoms with van der Waals surface area (Å²) in [5.41, 5.74) is 3.69. The second kappa shape index (κ2) is 9.67. The maximum absolute atomic E-state index is 12.7. The summed E-state index contributed by atoms with van der Waals surface area (Å²) in [6.07, 6.45) is -2.20. The van der Waals surface area contributed by atoms with Gasteiger partial charge in [-0.15, -0.1) is 0 Å². The molecular weight excluding hydrogens is 429 g/mol. The molecule has 1 atom stereocenters. The third kappa shape index (κ3) is 5.37. The molecular formula is C26H25F3N2O2. The smallest absolute Gasteiger partial charge is 0.416 e. The van der Waals surface area contributed by atoms with Crippen molar-refractivity contribution in [2.24, 2.45) is 0 Å². The van der Waals surface area contributed by atoms with E-state index in [2.05, 4.69) is 16.9 Å². The SMILES string of the molecule is CCCCC(O)c1ccccc1-c1ccc2nc(COc3ccc(C(F)(F)F)cc3)[nH]c2c1. The molecule has 172 valence electrons. The number of imidazole rings is 1. The van der Waals surface area contributed by atoms with Crippen LogP contribution in [0.2, 0.25) is 0 Å². The first-order valence-electron chi connectivity index (χ1n) is 10.9. The van der Waals surface area contributed by atoms with Crippen molar-refractivity contribution in [2.45, 2.75) is 45.1 Å². The van der Waals surface area contributed by atoms with Gasteiger partial charge in [0.15, 0.2) is 0 Å². The predicted octanol–water partition coefficient (Wildman–Crippen LogP) is 7.05. The molecule has 0 saturated carbocycles. The number of ether oxygens (including phenoxy) is 1. The van der Waals surface area contributed by atoms with Crippen LogP contribution in [0.5, 0.6) is 5.75 Å². The van der Waals surface area contributed by atoms with Gasteiger partial charge in [0.1, 0.15) is 18.2 Å². The minimum atomic E-state index is -4.38. The highest BCUT2D eigenvalue weighted by Gasteiger charge is 2.30. The number of aliphatic hydroxyl groups is 1. The number of hydrogen-bond acceptors (Lipinski definition) is 3. The van der Waals surface area contributed by atoms with Gasteiger partial charge in [-0.2, -0.15) is 13.2 Å². The van der Waals surface area contributed by atoms with E-state index in [-0.39, 0.29) is 6.61 Å². The van der Waals surface area contributed by atoms with E-state index < -0.39 is 17.8 Å². The number of nitrogens with zero attached hydrogens (tertiary/aromatic N) is 1. The zero-order chi connectivity index (χ0) is 23.4. The number of alkyl halides is 3. The third-order valence-electron chi connectivity index (χ3n) is 5.55. The molecule has 0 amide bonds. The minimum absolute atomic E-state index is 0.0989. The summed E-state index contributed by atoms with van der Waals surface area (Å²) in [6.45, 7) is 2.20. The molecule has 0 aliphatic rings. The van der Waals surface area contributed by atoms with Gasteiger partial charge in [0.05, 0.1) is 22.7 Å². The summed E-state index contributed by atoms with van der Waals surface area (Å²) < 4.78 is 43.7. The number of aliphatic hydroxyl groups excluding tert-OH is 1. The van der Waals surface area contributed by atoms with Crippen molar-refractivity contribution in [1.82, 2.24) is 9.97 Å². The molecule has 2 N–H and O–H groups in total. The van der Waals surface area contributed by atoms with Crippen molar-refractivity contribution in [3.05, 3.63) is 83.7 Å².